The van der Waals surface area contributed by atoms with Gasteiger partial charge < -0.3 is 5.32 Å². The Morgan fingerprint density at radius 1 is 1.30 bits per heavy atom. The van der Waals surface area contributed by atoms with Gasteiger partial charge >= 0.3 is 0 Å². The smallest absolute Gasteiger partial charge is 0.234 e. The van der Waals surface area contributed by atoms with Gasteiger partial charge in [-0.25, -0.2) is 8.42 Å². The maximum Gasteiger partial charge on any atom is 0.234 e. The summed E-state index contributed by atoms with van der Waals surface area (Å²) in [6.45, 7) is 8.18. The molecule has 1 aromatic rings. The molecular weight excluding hydrogens is 312 g/mol. The molecule has 128 valence electrons. The summed E-state index contributed by atoms with van der Waals surface area (Å²) in [7, 11) is -3.29. The summed E-state index contributed by atoms with van der Waals surface area (Å²) in [5, 5.41) is 2.88. The summed E-state index contributed by atoms with van der Waals surface area (Å²) in [6.07, 6.45) is 2.10. The number of aryl methyl sites for hydroxylation is 1. The molecule has 0 bridgehead atoms. The summed E-state index contributed by atoms with van der Waals surface area (Å²) in [5.41, 5.74) is 2.28. The molecule has 2 rings (SSSR count). The molecule has 1 heterocycles. The van der Waals surface area contributed by atoms with Gasteiger partial charge in [0.1, 0.15) is 0 Å². The van der Waals surface area contributed by atoms with Crippen LogP contribution in [0.5, 0.6) is 0 Å². The maximum atomic E-state index is 12.3. The average Bonchev–Trinajstić information content (AvgIpc) is 2.44. The zero-order valence-electron chi connectivity index (χ0n) is 14.3. The molecule has 1 amide bonds. The van der Waals surface area contributed by atoms with Gasteiger partial charge in [-0.3, -0.25) is 9.10 Å². The zero-order chi connectivity index (χ0) is 17.3. The number of carbonyl (C=O) groups is 1. The monoisotopic (exact) mass is 338 g/mol. The minimum atomic E-state index is -3.29. The number of nitrogens with zero attached hydrogens (tertiary/aromatic N) is 1. The average molecular weight is 338 g/mol. The summed E-state index contributed by atoms with van der Waals surface area (Å²) in [6, 6.07) is 5.54. The molecule has 0 aromatic heterocycles. The molecule has 0 radical (unpaired) electrons. The van der Waals surface area contributed by atoms with Crippen molar-refractivity contribution in [2.45, 2.75) is 47.0 Å². The van der Waals surface area contributed by atoms with E-state index in [4.69, 9.17) is 0 Å². The first-order valence-electron chi connectivity index (χ1n) is 8.05. The molecule has 23 heavy (non-hydrogen) atoms. The highest BCUT2D eigenvalue weighted by Crippen LogP contribution is 2.32. The van der Waals surface area contributed by atoms with E-state index in [0.29, 0.717) is 24.3 Å². The van der Waals surface area contributed by atoms with Crippen molar-refractivity contribution in [1.82, 2.24) is 0 Å². The predicted octanol–water partition coefficient (Wildman–Crippen LogP) is 3.16. The number of rotatable bonds is 4. The van der Waals surface area contributed by atoms with Crippen LogP contribution in [0.25, 0.3) is 0 Å². The second-order valence-electron chi connectivity index (χ2n) is 7.21. The predicted molar refractivity (Wildman–Crippen MR) is 94.3 cm³/mol. The first-order chi connectivity index (χ1) is 10.6. The van der Waals surface area contributed by atoms with Crippen molar-refractivity contribution in [3.05, 3.63) is 23.8 Å². The van der Waals surface area contributed by atoms with Crippen molar-refractivity contribution in [2.24, 2.45) is 5.41 Å². The number of amides is 1. The molecule has 0 spiro atoms. The number of anilines is 2. The van der Waals surface area contributed by atoms with E-state index in [1.165, 1.54) is 4.31 Å². The lowest BCUT2D eigenvalue weighted by atomic mass is 9.92. The van der Waals surface area contributed by atoms with Crippen LogP contribution in [0.4, 0.5) is 11.4 Å². The Labute approximate surface area is 139 Å². The van der Waals surface area contributed by atoms with Gasteiger partial charge in [0.05, 0.1) is 11.4 Å². The number of benzene rings is 1. The molecule has 1 N–H and O–H groups in total. The van der Waals surface area contributed by atoms with E-state index in [2.05, 4.69) is 5.32 Å². The van der Waals surface area contributed by atoms with E-state index in [-0.39, 0.29) is 17.1 Å². The fourth-order valence-electron chi connectivity index (χ4n) is 2.75. The third-order valence-corrected chi connectivity index (χ3v) is 5.62. The highest BCUT2D eigenvalue weighted by molar-refractivity contribution is 7.92. The first kappa shape index (κ1) is 17.8. The Hall–Kier alpha value is -1.56. The molecule has 0 aliphatic carbocycles. The maximum absolute atomic E-state index is 12.3. The molecule has 0 atom stereocenters. The standard InChI is InChI=1S/C17H26N2O3S/c1-5-23(21,22)19-10-6-7-13-8-9-14(11-15(13)19)18-16(20)12-17(2,3)4/h8-9,11H,5-7,10,12H2,1-4H3,(H,18,20). The summed E-state index contributed by atoms with van der Waals surface area (Å²) < 4.78 is 26.0. The van der Waals surface area contributed by atoms with Gasteiger partial charge in [-0.1, -0.05) is 26.8 Å². The van der Waals surface area contributed by atoms with Crippen LogP contribution in [0, 0.1) is 5.41 Å². The van der Waals surface area contributed by atoms with E-state index in [0.717, 1.165) is 18.4 Å². The van der Waals surface area contributed by atoms with Crippen molar-refractivity contribution in [3.8, 4) is 0 Å². The minimum absolute atomic E-state index is 0.0573. The highest BCUT2D eigenvalue weighted by atomic mass is 32.2. The van der Waals surface area contributed by atoms with Crippen LogP contribution in [0.3, 0.4) is 0 Å². The fourth-order valence-corrected chi connectivity index (χ4v) is 3.94. The lowest BCUT2D eigenvalue weighted by Gasteiger charge is -2.30. The largest absolute Gasteiger partial charge is 0.326 e. The molecule has 6 heteroatoms. The molecule has 1 aliphatic rings. The van der Waals surface area contributed by atoms with Crippen LogP contribution >= 0.6 is 0 Å². The number of fused-ring (bicyclic) bond motifs is 1. The lowest BCUT2D eigenvalue weighted by Crippen LogP contribution is -2.36. The van der Waals surface area contributed by atoms with Gasteiger partial charge in [0.15, 0.2) is 0 Å². The van der Waals surface area contributed by atoms with Crippen LogP contribution in [0.2, 0.25) is 0 Å². The molecule has 0 fully saturated rings. The number of carbonyl (C=O) groups excluding carboxylic acids is 1. The molecule has 1 aromatic carbocycles. The second-order valence-corrected chi connectivity index (χ2v) is 9.39. The number of hydrogen-bond acceptors (Lipinski definition) is 3. The fraction of sp³-hybridized carbons (Fsp3) is 0.588. The van der Waals surface area contributed by atoms with Crippen LogP contribution in [0.1, 0.15) is 46.1 Å². The lowest BCUT2D eigenvalue weighted by molar-refractivity contribution is -0.117. The number of nitrogens with one attached hydrogen (secondary N) is 1. The Kier molecular flexibility index (Phi) is 5.04. The molecule has 0 unspecified atom stereocenters. The van der Waals surface area contributed by atoms with Crippen molar-refractivity contribution in [2.75, 3.05) is 21.9 Å². The van der Waals surface area contributed by atoms with Crippen molar-refractivity contribution >= 4 is 27.3 Å². The highest BCUT2D eigenvalue weighted by Gasteiger charge is 2.26. The van der Waals surface area contributed by atoms with E-state index >= 15 is 0 Å². The molecule has 0 saturated heterocycles. The SMILES string of the molecule is CCS(=O)(=O)N1CCCc2ccc(NC(=O)CC(C)(C)C)cc21. The Morgan fingerprint density at radius 2 is 2.00 bits per heavy atom. The van der Waals surface area contributed by atoms with Crippen LogP contribution in [-0.4, -0.2) is 26.6 Å². The molecule has 5 nitrogen and oxygen atoms in total. The van der Waals surface area contributed by atoms with Gasteiger partial charge in [0, 0.05) is 18.7 Å². The Bertz CT molecular complexity index is 690. The zero-order valence-corrected chi connectivity index (χ0v) is 15.2. The first-order valence-corrected chi connectivity index (χ1v) is 9.66. The summed E-state index contributed by atoms with van der Waals surface area (Å²) in [5.74, 6) is 0.0192. The van der Waals surface area contributed by atoms with E-state index in [1.54, 1.807) is 13.0 Å². The Balaban J connectivity index is 2.27. The quantitative estimate of drug-likeness (QED) is 0.917. The third-order valence-electron chi connectivity index (χ3n) is 3.84. The molecule has 1 aliphatic heterocycles. The normalized spacial score (nSPS) is 15.2. The van der Waals surface area contributed by atoms with E-state index in [9.17, 15) is 13.2 Å². The Morgan fingerprint density at radius 3 is 2.61 bits per heavy atom. The third kappa shape index (κ3) is 4.47. The van der Waals surface area contributed by atoms with Crippen LogP contribution in [-0.2, 0) is 21.2 Å². The van der Waals surface area contributed by atoms with Crippen molar-refractivity contribution in [1.29, 1.82) is 0 Å². The van der Waals surface area contributed by atoms with Gasteiger partial charge in [-0.15, -0.1) is 0 Å². The van der Waals surface area contributed by atoms with Gasteiger partial charge in [-0.05, 0) is 42.9 Å². The number of hydrogen-bond donors (Lipinski definition) is 1. The van der Waals surface area contributed by atoms with Crippen LogP contribution < -0.4 is 9.62 Å². The topological polar surface area (TPSA) is 66.5 Å². The van der Waals surface area contributed by atoms with E-state index < -0.39 is 10.0 Å². The number of sulfonamides is 1. The van der Waals surface area contributed by atoms with Gasteiger partial charge in [0.25, 0.3) is 0 Å². The van der Waals surface area contributed by atoms with Gasteiger partial charge in [-0.2, -0.15) is 0 Å². The summed E-state index contributed by atoms with van der Waals surface area (Å²) >= 11 is 0. The van der Waals surface area contributed by atoms with Crippen molar-refractivity contribution < 1.29 is 13.2 Å². The van der Waals surface area contributed by atoms with Crippen LogP contribution in [0.15, 0.2) is 18.2 Å². The molecule has 0 saturated carbocycles. The molecular formula is C17H26N2O3S. The van der Waals surface area contributed by atoms with Crippen molar-refractivity contribution in [3.63, 3.8) is 0 Å². The minimum Gasteiger partial charge on any atom is -0.326 e. The summed E-state index contributed by atoms with van der Waals surface area (Å²) in [4.78, 5) is 12.1. The van der Waals surface area contributed by atoms with E-state index in [1.807, 2.05) is 32.9 Å². The second kappa shape index (κ2) is 6.51. The van der Waals surface area contributed by atoms with Gasteiger partial charge in [0.2, 0.25) is 15.9 Å².